The van der Waals surface area contributed by atoms with Crippen molar-refractivity contribution < 1.29 is 4.79 Å². The van der Waals surface area contributed by atoms with Crippen LogP contribution in [0, 0.1) is 0 Å². The van der Waals surface area contributed by atoms with Crippen LogP contribution in [0.3, 0.4) is 0 Å². The van der Waals surface area contributed by atoms with Gasteiger partial charge in [-0.05, 0) is 38.6 Å². The third-order valence-corrected chi connectivity index (χ3v) is 3.91. The molecular weight excluding hydrogens is 250 g/mol. The van der Waals surface area contributed by atoms with Gasteiger partial charge in [-0.2, -0.15) is 0 Å². The van der Waals surface area contributed by atoms with Crippen LogP contribution in [0.5, 0.6) is 0 Å². The Morgan fingerprint density at radius 1 is 1.30 bits per heavy atom. The Morgan fingerprint density at radius 2 is 2.05 bits per heavy atom. The lowest BCUT2D eigenvalue weighted by Gasteiger charge is -2.30. The van der Waals surface area contributed by atoms with Crippen molar-refractivity contribution in [2.24, 2.45) is 0 Å². The van der Waals surface area contributed by atoms with Gasteiger partial charge in [0.05, 0.1) is 6.54 Å². The number of nitrogens with one attached hydrogen (secondary N) is 1. The fourth-order valence-corrected chi connectivity index (χ4v) is 2.76. The van der Waals surface area contributed by atoms with Gasteiger partial charge >= 0.3 is 0 Å². The van der Waals surface area contributed by atoms with Crippen molar-refractivity contribution >= 4 is 11.6 Å². The second-order valence-corrected chi connectivity index (χ2v) is 5.48. The zero-order valence-electron chi connectivity index (χ0n) is 12.5. The molecule has 0 aromatic heterocycles. The second kappa shape index (κ2) is 7.29. The molecule has 4 heteroatoms. The highest BCUT2D eigenvalue weighted by Crippen LogP contribution is 2.13. The predicted molar refractivity (Wildman–Crippen MR) is 82.8 cm³/mol. The minimum Gasteiger partial charge on any atom is -0.376 e. The number of anilines is 1. The molecule has 1 aliphatic heterocycles. The summed E-state index contributed by atoms with van der Waals surface area (Å²) in [4.78, 5) is 16.8. The highest BCUT2D eigenvalue weighted by molar-refractivity contribution is 5.81. The van der Waals surface area contributed by atoms with Gasteiger partial charge in [0, 0.05) is 24.8 Å². The van der Waals surface area contributed by atoms with Crippen molar-refractivity contribution in [2.75, 3.05) is 38.5 Å². The van der Waals surface area contributed by atoms with Crippen LogP contribution in [-0.4, -0.2) is 55.0 Å². The van der Waals surface area contributed by atoms with Crippen molar-refractivity contribution in [2.45, 2.75) is 25.8 Å². The third-order valence-electron chi connectivity index (χ3n) is 3.91. The molecule has 110 valence electrons. The average molecular weight is 275 g/mol. The standard InChI is InChI=1S/C16H25N3O/c1-3-15-13-18(2)10-7-11-19(15)16(20)12-17-14-8-5-4-6-9-14/h4-6,8-9,15,17H,3,7,10-13H2,1-2H3. The van der Waals surface area contributed by atoms with Gasteiger partial charge in [0.1, 0.15) is 0 Å². The van der Waals surface area contributed by atoms with E-state index in [1.165, 1.54) is 0 Å². The van der Waals surface area contributed by atoms with Crippen molar-refractivity contribution in [3.05, 3.63) is 30.3 Å². The Hall–Kier alpha value is -1.55. The summed E-state index contributed by atoms with van der Waals surface area (Å²) in [6.07, 6.45) is 2.07. The van der Waals surface area contributed by atoms with Crippen LogP contribution in [-0.2, 0) is 4.79 Å². The Morgan fingerprint density at radius 3 is 2.75 bits per heavy atom. The minimum absolute atomic E-state index is 0.205. The molecule has 2 rings (SSSR count). The Balaban J connectivity index is 1.92. The van der Waals surface area contributed by atoms with Gasteiger partial charge in [-0.3, -0.25) is 4.79 Å². The first-order valence-corrected chi connectivity index (χ1v) is 7.47. The number of carbonyl (C=O) groups is 1. The molecule has 4 nitrogen and oxygen atoms in total. The zero-order chi connectivity index (χ0) is 14.4. The number of nitrogens with zero attached hydrogens (tertiary/aromatic N) is 2. The zero-order valence-corrected chi connectivity index (χ0v) is 12.5. The fraction of sp³-hybridized carbons (Fsp3) is 0.562. The monoisotopic (exact) mass is 275 g/mol. The van der Waals surface area contributed by atoms with E-state index in [1.807, 2.05) is 30.3 Å². The maximum Gasteiger partial charge on any atom is 0.242 e. The number of carbonyl (C=O) groups excluding carboxylic acids is 1. The van der Waals surface area contributed by atoms with Gasteiger partial charge in [-0.1, -0.05) is 25.1 Å². The van der Waals surface area contributed by atoms with Crippen LogP contribution in [0.1, 0.15) is 19.8 Å². The molecule has 1 heterocycles. The summed E-state index contributed by atoms with van der Waals surface area (Å²) < 4.78 is 0. The highest BCUT2D eigenvalue weighted by Gasteiger charge is 2.25. The van der Waals surface area contributed by atoms with E-state index in [4.69, 9.17) is 0 Å². The molecule has 1 atom stereocenters. The lowest BCUT2D eigenvalue weighted by molar-refractivity contribution is -0.131. The van der Waals surface area contributed by atoms with Crippen LogP contribution >= 0.6 is 0 Å². The molecule has 0 aliphatic carbocycles. The molecule has 1 amide bonds. The first-order valence-electron chi connectivity index (χ1n) is 7.47. The van der Waals surface area contributed by atoms with E-state index in [9.17, 15) is 4.79 Å². The molecule has 0 saturated carbocycles. The van der Waals surface area contributed by atoms with E-state index in [0.717, 1.165) is 38.2 Å². The second-order valence-electron chi connectivity index (χ2n) is 5.48. The number of hydrogen-bond acceptors (Lipinski definition) is 3. The maximum atomic E-state index is 12.4. The van der Waals surface area contributed by atoms with Gasteiger partial charge in [0.2, 0.25) is 5.91 Å². The molecule has 0 radical (unpaired) electrons. The molecule has 20 heavy (non-hydrogen) atoms. The lowest BCUT2D eigenvalue weighted by Crippen LogP contribution is -2.45. The number of hydrogen-bond donors (Lipinski definition) is 1. The Kier molecular flexibility index (Phi) is 5.41. The minimum atomic E-state index is 0.205. The summed E-state index contributed by atoms with van der Waals surface area (Å²) in [5.41, 5.74) is 1.00. The fourth-order valence-electron chi connectivity index (χ4n) is 2.76. The number of likely N-dealkylation sites (N-methyl/N-ethyl adjacent to an activating group) is 1. The Labute approximate surface area is 121 Å². The van der Waals surface area contributed by atoms with Crippen LogP contribution in [0.4, 0.5) is 5.69 Å². The number of benzene rings is 1. The van der Waals surface area contributed by atoms with E-state index in [0.29, 0.717) is 12.6 Å². The van der Waals surface area contributed by atoms with E-state index in [1.54, 1.807) is 0 Å². The van der Waals surface area contributed by atoms with E-state index in [2.05, 4.69) is 29.1 Å². The number of amides is 1. The summed E-state index contributed by atoms with van der Waals surface area (Å²) in [7, 11) is 2.14. The van der Waals surface area contributed by atoms with Crippen LogP contribution in [0.2, 0.25) is 0 Å². The smallest absolute Gasteiger partial charge is 0.242 e. The van der Waals surface area contributed by atoms with Crippen molar-refractivity contribution in [3.63, 3.8) is 0 Å². The van der Waals surface area contributed by atoms with Crippen molar-refractivity contribution in [1.82, 2.24) is 9.80 Å². The molecule has 0 bridgehead atoms. The number of para-hydroxylation sites is 1. The van der Waals surface area contributed by atoms with Gasteiger partial charge in [-0.15, -0.1) is 0 Å². The van der Waals surface area contributed by atoms with E-state index in [-0.39, 0.29) is 5.91 Å². The van der Waals surface area contributed by atoms with E-state index >= 15 is 0 Å². The summed E-state index contributed by atoms with van der Waals surface area (Å²) in [5.74, 6) is 0.205. The van der Waals surface area contributed by atoms with Gasteiger partial charge in [0.25, 0.3) is 0 Å². The summed E-state index contributed by atoms with van der Waals surface area (Å²) in [5, 5.41) is 3.21. The first kappa shape index (κ1) is 14.9. The maximum absolute atomic E-state index is 12.4. The van der Waals surface area contributed by atoms with Crippen LogP contribution in [0.15, 0.2) is 30.3 Å². The first-order chi connectivity index (χ1) is 9.70. The van der Waals surface area contributed by atoms with Crippen molar-refractivity contribution in [1.29, 1.82) is 0 Å². The molecule has 1 aromatic rings. The summed E-state index contributed by atoms with van der Waals surface area (Å²) in [6.45, 7) is 5.47. The molecule has 1 N–H and O–H groups in total. The van der Waals surface area contributed by atoms with Crippen LogP contribution < -0.4 is 5.32 Å². The predicted octanol–water partition coefficient (Wildman–Crippen LogP) is 2.04. The molecule has 1 fully saturated rings. The molecular formula is C16H25N3O. The lowest BCUT2D eigenvalue weighted by atomic mass is 10.2. The quantitative estimate of drug-likeness (QED) is 0.913. The SMILES string of the molecule is CCC1CN(C)CCCN1C(=O)CNc1ccccc1. The molecule has 1 saturated heterocycles. The molecule has 1 aliphatic rings. The van der Waals surface area contributed by atoms with Crippen LogP contribution in [0.25, 0.3) is 0 Å². The van der Waals surface area contributed by atoms with Crippen molar-refractivity contribution in [3.8, 4) is 0 Å². The van der Waals surface area contributed by atoms with E-state index < -0.39 is 0 Å². The highest BCUT2D eigenvalue weighted by atomic mass is 16.2. The topological polar surface area (TPSA) is 35.6 Å². The normalized spacial score (nSPS) is 20.5. The number of rotatable bonds is 4. The Bertz CT molecular complexity index is 421. The summed E-state index contributed by atoms with van der Waals surface area (Å²) in [6, 6.07) is 10.2. The average Bonchev–Trinajstić information content (AvgIpc) is 2.67. The molecule has 0 spiro atoms. The van der Waals surface area contributed by atoms with Gasteiger partial charge in [-0.25, -0.2) is 0 Å². The third kappa shape index (κ3) is 3.97. The van der Waals surface area contributed by atoms with Gasteiger partial charge in [0.15, 0.2) is 0 Å². The largest absolute Gasteiger partial charge is 0.376 e. The van der Waals surface area contributed by atoms with Gasteiger partial charge < -0.3 is 15.1 Å². The summed E-state index contributed by atoms with van der Waals surface area (Å²) >= 11 is 0. The molecule has 1 aromatic carbocycles. The molecule has 1 unspecified atom stereocenters.